The van der Waals surface area contributed by atoms with E-state index in [9.17, 15) is 8.78 Å². The van der Waals surface area contributed by atoms with E-state index in [1.165, 1.54) is 0 Å². The van der Waals surface area contributed by atoms with Gasteiger partial charge in [0.1, 0.15) is 11.6 Å². The highest BCUT2D eigenvalue weighted by Crippen LogP contribution is 2.20. The summed E-state index contributed by atoms with van der Waals surface area (Å²) in [5, 5.41) is 7.71. The predicted octanol–water partition coefficient (Wildman–Crippen LogP) is 1.95. The maximum atomic E-state index is 13.5. The van der Waals surface area contributed by atoms with Crippen molar-refractivity contribution in [3.05, 3.63) is 29.9 Å². The van der Waals surface area contributed by atoms with Gasteiger partial charge < -0.3 is 4.57 Å². The number of nitrogens with zero attached hydrogens (tertiary/aromatic N) is 4. The molecule has 84 valence electrons. The molecule has 0 atom stereocenters. The van der Waals surface area contributed by atoms with Crippen molar-refractivity contribution in [2.45, 2.75) is 20.4 Å². The fourth-order valence-electron chi connectivity index (χ4n) is 1.53. The van der Waals surface area contributed by atoms with Gasteiger partial charge in [-0.2, -0.15) is 4.39 Å². The lowest BCUT2D eigenvalue weighted by molar-refractivity contribution is 0.552. The Morgan fingerprint density at radius 1 is 1.31 bits per heavy atom. The number of hydrogen-bond donors (Lipinski definition) is 0. The highest BCUT2D eigenvalue weighted by atomic mass is 19.1. The Hall–Kier alpha value is -1.85. The average molecular weight is 224 g/mol. The van der Waals surface area contributed by atoms with E-state index in [-0.39, 0.29) is 5.56 Å². The van der Waals surface area contributed by atoms with Crippen LogP contribution in [0.15, 0.2) is 12.3 Å². The Labute approximate surface area is 91.0 Å². The van der Waals surface area contributed by atoms with Gasteiger partial charge in [0.05, 0.1) is 5.56 Å². The molecule has 0 aliphatic carbocycles. The highest BCUT2D eigenvalue weighted by molar-refractivity contribution is 5.54. The monoisotopic (exact) mass is 224 g/mol. The molecule has 0 amide bonds. The van der Waals surface area contributed by atoms with Crippen molar-refractivity contribution < 1.29 is 8.78 Å². The Morgan fingerprint density at radius 3 is 2.69 bits per heavy atom. The van der Waals surface area contributed by atoms with Crippen molar-refractivity contribution in [2.75, 3.05) is 0 Å². The van der Waals surface area contributed by atoms with Crippen molar-refractivity contribution in [3.8, 4) is 11.4 Å². The molecule has 0 radical (unpaired) electrons. The first-order valence-corrected chi connectivity index (χ1v) is 4.84. The van der Waals surface area contributed by atoms with Gasteiger partial charge in [0, 0.05) is 18.8 Å². The van der Waals surface area contributed by atoms with Crippen molar-refractivity contribution in [3.63, 3.8) is 0 Å². The second-order valence-electron chi connectivity index (χ2n) is 3.30. The predicted molar refractivity (Wildman–Crippen MR) is 53.6 cm³/mol. The Balaban J connectivity index is 2.58. The molecule has 0 aliphatic heterocycles. The molecular formula is C10H10F2N4. The molecule has 0 unspecified atom stereocenters. The molecule has 6 heteroatoms. The molecule has 2 aromatic heterocycles. The third-order valence-electron chi connectivity index (χ3n) is 2.31. The zero-order chi connectivity index (χ0) is 11.7. The van der Waals surface area contributed by atoms with E-state index >= 15 is 0 Å². The lowest BCUT2D eigenvalue weighted by Crippen LogP contribution is -2.02. The third kappa shape index (κ3) is 1.66. The van der Waals surface area contributed by atoms with E-state index in [1.54, 1.807) is 11.5 Å². The zero-order valence-electron chi connectivity index (χ0n) is 8.91. The van der Waals surface area contributed by atoms with Crippen LogP contribution in [0.2, 0.25) is 0 Å². The van der Waals surface area contributed by atoms with Gasteiger partial charge in [0.2, 0.25) is 5.95 Å². The van der Waals surface area contributed by atoms with E-state index < -0.39 is 11.8 Å². The van der Waals surface area contributed by atoms with E-state index in [1.807, 2.05) is 6.92 Å². The van der Waals surface area contributed by atoms with Crippen molar-refractivity contribution in [1.29, 1.82) is 0 Å². The van der Waals surface area contributed by atoms with Crippen LogP contribution in [0, 0.1) is 18.7 Å². The molecule has 4 nitrogen and oxygen atoms in total. The number of hydrogen-bond acceptors (Lipinski definition) is 3. The molecule has 2 rings (SSSR count). The lowest BCUT2D eigenvalue weighted by atomic mass is 10.2. The van der Waals surface area contributed by atoms with Crippen molar-refractivity contribution in [1.82, 2.24) is 19.7 Å². The van der Waals surface area contributed by atoms with Gasteiger partial charge in [-0.3, -0.25) is 0 Å². The quantitative estimate of drug-likeness (QED) is 0.732. The Bertz CT molecular complexity index is 522. The molecule has 0 bridgehead atoms. The molecule has 0 aromatic carbocycles. The van der Waals surface area contributed by atoms with Crippen LogP contribution in [0.5, 0.6) is 0 Å². The summed E-state index contributed by atoms with van der Waals surface area (Å²) in [5.74, 6) is -0.485. The number of aryl methyl sites for hydroxylation is 1. The van der Waals surface area contributed by atoms with Gasteiger partial charge in [-0.25, -0.2) is 9.37 Å². The first-order valence-electron chi connectivity index (χ1n) is 4.84. The molecule has 2 heterocycles. The molecule has 0 fully saturated rings. The van der Waals surface area contributed by atoms with Crippen LogP contribution in [0.25, 0.3) is 11.4 Å². The molecule has 0 N–H and O–H groups in total. The van der Waals surface area contributed by atoms with Gasteiger partial charge in [0.25, 0.3) is 0 Å². The molecule has 0 saturated carbocycles. The van der Waals surface area contributed by atoms with Crippen LogP contribution in [0.3, 0.4) is 0 Å². The SMILES string of the molecule is CCn1c(C)nnc1-c1cnc(F)cc1F. The first kappa shape index (κ1) is 10.7. The molecule has 2 aromatic rings. The van der Waals surface area contributed by atoms with Gasteiger partial charge in [-0.05, 0) is 13.8 Å². The summed E-state index contributed by atoms with van der Waals surface area (Å²) >= 11 is 0. The minimum Gasteiger partial charge on any atom is -0.311 e. The maximum absolute atomic E-state index is 13.5. The summed E-state index contributed by atoms with van der Waals surface area (Å²) in [6.45, 7) is 4.29. The lowest BCUT2D eigenvalue weighted by Gasteiger charge is -2.05. The fourth-order valence-corrected chi connectivity index (χ4v) is 1.53. The van der Waals surface area contributed by atoms with E-state index in [0.29, 0.717) is 18.2 Å². The van der Waals surface area contributed by atoms with Crippen molar-refractivity contribution >= 4 is 0 Å². The second-order valence-corrected chi connectivity index (χ2v) is 3.30. The summed E-state index contributed by atoms with van der Waals surface area (Å²) in [7, 11) is 0. The summed E-state index contributed by atoms with van der Waals surface area (Å²) in [6, 6.07) is 0.735. The van der Waals surface area contributed by atoms with Crippen LogP contribution >= 0.6 is 0 Å². The molecular weight excluding hydrogens is 214 g/mol. The summed E-state index contributed by atoms with van der Waals surface area (Å²) in [4.78, 5) is 3.41. The molecule has 0 saturated heterocycles. The summed E-state index contributed by atoms with van der Waals surface area (Å²) in [5.41, 5.74) is 0.156. The number of aromatic nitrogens is 4. The van der Waals surface area contributed by atoms with Gasteiger partial charge in [-0.1, -0.05) is 0 Å². The molecule has 0 spiro atoms. The first-order chi connectivity index (χ1) is 7.63. The Kier molecular flexibility index (Phi) is 2.64. The number of rotatable bonds is 2. The minimum atomic E-state index is -0.847. The minimum absolute atomic E-state index is 0.156. The summed E-state index contributed by atoms with van der Waals surface area (Å²) < 4.78 is 27.9. The maximum Gasteiger partial charge on any atom is 0.215 e. The smallest absolute Gasteiger partial charge is 0.215 e. The highest BCUT2D eigenvalue weighted by Gasteiger charge is 2.14. The summed E-state index contributed by atoms with van der Waals surface area (Å²) in [6.07, 6.45) is 1.13. The average Bonchev–Trinajstić information content (AvgIpc) is 2.59. The second kappa shape index (κ2) is 3.96. The standard InChI is InChI=1S/C10H10F2N4/c1-3-16-6(2)14-15-10(16)7-5-13-9(12)4-8(7)11/h4-5H,3H2,1-2H3. The number of halogens is 2. The normalized spacial score (nSPS) is 10.8. The Morgan fingerprint density at radius 2 is 2.06 bits per heavy atom. The van der Waals surface area contributed by atoms with Gasteiger partial charge in [0.15, 0.2) is 5.82 Å². The van der Waals surface area contributed by atoms with Gasteiger partial charge in [-0.15, -0.1) is 10.2 Å². The van der Waals surface area contributed by atoms with Crippen LogP contribution < -0.4 is 0 Å². The molecule has 16 heavy (non-hydrogen) atoms. The van der Waals surface area contributed by atoms with Crippen LogP contribution in [-0.4, -0.2) is 19.7 Å². The van der Waals surface area contributed by atoms with Gasteiger partial charge >= 0.3 is 0 Å². The zero-order valence-corrected chi connectivity index (χ0v) is 8.91. The third-order valence-corrected chi connectivity index (χ3v) is 2.31. The topological polar surface area (TPSA) is 43.6 Å². The fraction of sp³-hybridized carbons (Fsp3) is 0.300. The van der Waals surface area contributed by atoms with Crippen LogP contribution in [-0.2, 0) is 6.54 Å². The molecule has 0 aliphatic rings. The van der Waals surface area contributed by atoms with E-state index in [0.717, 1.165) is 12.3 Å². The van der Waals surface area contributed by atoms with Crippen LogP contribution in [0.1, 0.15) is 12.7 Å². The van der Waals surface area contributed by atoms with E-state index in [2.05, 4.69) is 15.2 Å². The number of pyridine rings is 1. The largest absolute Gasteiger partial charge is 0.311 e. The van der Waals surface area contributed by atoms with E-state index in [4.69, 9.17) is 0 Å². The van der Waals surface area contributed by atoms with Crippen LogP contribution in [0.4, 0.5) is 8.78 Å². The van der Waals surface area contributed by atoms with Crippen molar-refractivity contribution in [2.24, 2.45) is 0 Å².